The molecule has 128 valence electrons. The predicted octanol–water partition coefficient (Wildman–Crippen LogP) is 1.19. The molecule has 1 aromatic heterocycles. The number of piperidine rings is 1. The molecule has 0 aromatic carbocycles. The molecule has 0 saturated carbocycles. The lowest BCUT2D eigenvalue weighted by Gasteiger charge is -2.39. The third-order valence-electron chi connectivity index (χ3n) is 3.79. The van der Waals surface area contributed by atoms with Crippen molar-refractivity contribution in [2.75, 3.05) is 30.8 Å². The molecule has 1 saturated heterocycles. The van der Waals surface area contributed by atoms with E-state index < -0.39 is 11.3 Å². The van der Waals surface area contributed by atoms with E-state index >= 15 is 0 Å². The second-order valence-corrected chi connectivity index (χ2v) is 6.82. The van der Waals surface area contributed by atoms with Gasteiger partial charge in [-0.05, 0) is 33.6 Å². The Bertz CT molecular complexity index is 622. The highest BCUT2D eigenvalue weighted by molar-refractivity contribution is 5.68. The van der Waals surface area contributed by atoms with Gasteiger partial charge in [0.15, 0.2) is 0 Å². The van der Waals surface area contributed by atoms with Crippen molar-refractivity contribution in [2.24, 2.45) is 0 Å². The van der Waals surface area contributed by atoms with Crippen LogP contribution in [0.5, 0.6) is 0 Å². The highest BCUT2D eigenvalue weighted by Crippen LogP contribution is 2.25. The molecule has 2 rings (SSSR count). The molecule has 1 fully saturated rings. The van der Waals surface area contributed by atoms with E-state index in [4.69, 9.17) is 10.5 Å². The van der Waals surface area contributed by atoms with Gasteiger partial charge in [0.25, 0.3) is 0 Å². The van der Waals surface area contributed by atoms with Crippen LogP contribution in [0.1, 0.15) is 33.6 Å². The molecule has 1 aliphatic rings. The number of nitrogens with two attached hydrogens (primary N) is 1. The van der Waals surface area contributed by atoms with Crippen molar-refractivity contribution in [2.45, 2.75) is 45.3 Å². The minimum atomic E-state index is -0.521. The Labute approximate surface area is 135 Å². The first-order valence-corrected chi connectivity index (χ1v) is 7.73. The van der Waals surface area contributed by atoms with Gasteiger partial charge in [-0.2, -0.15) is 4.98 Å². The van der Waals surface area contributed by atoms with Gasteiger partial charge in [-0.15, -0.1) is 0 Å². The first kappa shape index (κ1) is 17.1. The van der Waals surface area contributed by atoms with Crippen LogP contribution in [0.2, 0.25) is 0 Å². The van der Waals surface area contributed by atoms with Gasteiger partial charge in [0, 0.05) is 20.1 Å². The van der Waals surface area contributed by atoms with Crippen molar-refractivity contribution in [1.82, 2.24) is 14.9 Å². The van der Waals surface area contributed by atoms with E-state index in [2.05, 4.69) is 9.97 Å². The zero-order valence-electron chi connectivity index (χ0n) is 14.1. The molecule has 3 N–H and O–H groups in total. The smallest absolute Gasteiger partial charge is 0.410 e. The van der Waals surface area contributed by atoms with Gasteiger partial charge >= 0.3 is 11.8 Å². The van der Waals surface area contributed by atoms with Crippen LogP contribution in [0.3, 0.4) is 0 Å². The summed E-state index contributed by atoms with van der Waals surface area (Å²) in [7, 11) is 1.75. The van der Waals surface area contributed by atoms with Crippen molar-refractivity contribution in [3.8, 4) is 0 Å². The summed E-state index contributed by atoms with van der Waals surface area (Å²) in [6.07, 6.45) is 2.94. The molecular formula is C15H25N5O3. The Morgan fingerprint density at radius 2 is 2.22 bits per heavy atom. The van der Waals surface area contributed by atoms with Gasteiger partial charge < -0.3 is 20.3 Å². The molecule has 23 heavy (non-hydrogen) atoms. The van der Waals surface area contributed by atoms with E-state index in [0.717, 1.165) is 19.4 Å². The Morgan fingerprint density at radius 1 is 1.52 bits per heavy atom. The third-order valence-corrected chi connectivity index (χ3v) is 3.79. The topological polar surface area (TPSA) is 105 Å². The van der Waals surface area contributed by atoms with Gasteiger partial charge in [0.1, 0.15) is 11.4 Å². The van der Waals surface area contributed by atoms with Gasteiger partial charge in [-0.25, -0.2) is 9.59 Å². The summed E-state index contributed by atoms with van der Waals surface area (Å²) >= 11 is 0. The Morgan fingerprint density at radius 3 is 2.83 bits per heavy atom. The predicted molar refractivity (Wildman–Crippen MR) is 88.5 cm³/mol. The normalized spacial score (nSPS) is 18.6. The lowest BCUT2D eigenvalue weighted by molar-refractivity contribution is 0.0210. The van der Waals surface area contributed by atoms with Crippen molar-refractivity contribution >= 4 is 17.6 Å². The summed E-state index contributed by atoms with van der Waals surface area (Å²) in [5.41, 5.74) is 5.57. The van der Waals surface area contributed by atoms with E-state index in [1.54, 1.807) is 11.9 Å². The average molecular weight is 323 g/mol. The van der Waals surface area contributed by atoms with Crippen molar-refractivity contribution < 1.29 is 9.53 Å². The molecule has 0 spiro atoms. The van der Waals surface area contributed by atoms with Gasteiger partial charge in [0.2, 0.25) is 0 Å². The number of H-pyrrole nitrogens is 1. The maximum Gasteiger partial charge on any atom is 0.410 e. The Kier molecular flexibility index (Phi) is 4.82. The number of carbonyl (C=O) groups excluding carboxylic acids is 1. The highest BCUT2D eigenvalue weighted by Gasteiger charge is 2.30. The third kappa shape index (κ3) is 4.37. The quantitative estimate of drug-likeness (QED) is 0.847. The van der Waals surface area contributed by atoms with Gasteiger partial charge in [-0.1, -0.05) is 0 Å². The van der Waals surface area contributed by atoms with Crippen LogP contribution >= 0.6 is 0 Å². The lowest BCUT2D eigenvalue weighted by Crippen LogP contribution is -2.50. The summed E-state index contributed by atoms with van der Waals surface area (Å²) in [5.74, 6) is 0.297. The second-order valence-electron chi connectivity index (χ2n) is 6.82. The number of aromatic nitrogens is 2. The number of hydrogen-bond donors (Lipinski definition) is 2. The lowest BCUT2D eigenvalue weighted by atomic mass is 10.0. The summed E-state index contributed by atoms with van der Waals surface area (Å²) in [6.45, 7) is 6.96. The van der Waals surface area contributed by atoms with E-state index in [0.29, 0.717) is 18.1 Å². The van der Waals surface area contributed by atoms with E-state index in [9.17, 15) is 9.59 Å². The highest BCUT2D eigenvalue weighted by atomic mass is 16.6. The molecule has 8 nitrogen and oxygen atoms in total. The number of nitrogens with one attached hydrogen (secondary N) is 1. The Hall–Kier alpha value is -2.25. The average Bonchev–Trinajstić information content (AvgIpc) is 2.44. The number of aromatic amines is 1. The van der Waals surface area contributed by atoms with Crippen LogP contribution in [0.25, 0.3) is 0 Å². The second kappa shape index (κ2) is 6.47. The van der Waals surface area contributed by atoms with Gasteiger partial charge in [0.05, 0.1) is 17.9 Å². The molecule has 1 amide bonds. The van der Waals surface area contributed by atoms with Crippen LogP contribution in [0.4, 0.5) is 16.3 Å². The first-order chi connectivity index (χ1) is 10.7. The van der Waals surface area contributed by atoms with Crippen molar-refractivity contribution in [1.29, 1.82) is 0 Å². The SMILES string of the molecule is CN(C(=O)OC(C)(C)C)C1CCCN(c2cnc(=O)[nH]c2N)C1. The zero-order valence-corrected chi connectivity index (χ0v) is 14.1. The molecular weight excluding hydrogens is 298 g/mol. The molecule has 0 aliphatic carbocycles. The molecule has 8 heteroatoms. The molecule has 0 bridgehead atoms. The van der Waals surface area contributed by atoms with E-state index in [1.165, 1.54) is 6.20 Å². The first-order valence-electron chi connectivity index (χ1n) is 7.73. The molecule has 1 aliphatic heterocycles. The summed E-state index contributed by atoms with van der Waals surface area (Å²) in [5, 5.41) is 0. The zero-order chi connectivity index (χ0) is 17.2. The number of ether oxygens (including phenoxy) is 1. The maximum absolute atomic E-state index is 12.2. The number of nitrogen functional groups attached to an aromatic ring is 1. The largest absolute Gasteiger partial charge is 0.444 e. The van der Waals surface area contributed by atoms with Crippen molar-refractivity contribution in [3.05, 3.63) is 16.7 Å². The monoisotopic (exact) mass is 323 g/mol. The molecule has 0 radical (unpaired) electrons. The molecule has 1 aromatic rings. The minimum Gasteiger partial charge on any atom is -0.444 e. The maximum atomic E-state index is 12.2. The fraction of sp³-hybridized carbons (Fsp3) is 0.667. The number of anilines is 2. The van der Waals surface area contributed by atoms with Crippen LogP contribution in [-0.2, 0) is 4.74 Å². The molecule has 1 unspecified atom stereocenters. The van der Waals surface area contributed by atoms with Crippen molar-refractivity contribution in [3.63, 3.8) is 0 Å². The van der Waals surface area contributed by atoms with E-state index in [1.807, 2.05) is 25.7 Å². The van der Waals surface area contributed by atoms with Crippen LogP contribution in [-0.4, -0.2) is 52.7 Å². The van der Waals surface area contributed by atoms with Crippen LogP contribution in [0, 0.1) is 0 Å². The van der Waals surface area contributed by atoms with E-state index in [-0.39, 0.29) is 12.1 Å². The van der Waals surface area contributed by atoms with Gasteiger partial charge in [-0.3, -0.25) is 4.98 Å². The summed E-state index contributed by atoms with van der Waals surface area (Å²) in [6, 6.07) is 0.0185. The minimum absolute atomic E-state index is 0.0185. The number of rotatable bonds is 2. The number of likely N-dealkylation sites (N-methyl/N-ethyl adjacent to an activating group) is 1. The molecule has 1 atom stereocenters. The number of hydrogen-bond acceptors (Lipinski definition) is 6. The fourth-order valence-electron chi connectivity index (χ4n) is 2.63. The molecule has 2 heterocycles. The summed E-state index contributed by atoms with van der Waals surface area (Å²) < 4.78 is 5.42. The number of nitrogens with zero attached hydrogens (tertiary/aromatic N) is 3. The summed E-state index contributed by atoms with van der Waals surface area (Å²) in [4.78, 5) is 33.3. The number of carbonyl (C=O) groups is 1. The fourth-order valence-corrected chi connectivity index (χ4v) is 2.63. The Balaban J connectivity index is 2.08. The standard InChI is InChI=1S/C15H25N5O3/c1-15(2,3)23-14(22)19(4)10-6-5-7-20(9-10)11-8-17-13(21)18-12(11)16/h8,10H,5-7,9H2,1-4H3,(H3,16,17,18,21). The number of amides is 1. The van der Waals surface area contributed by atoms with Crippen LogP contribution < -0.4 is 16.3 Å². The van der Waals surface area contributed by atoms with Crippen LogP contribution in [0.15, 0.2) is 11.0 Å².